The van der Waals surface area contributed by atoms with Gasteiger partial charge in [0, 0.05) is 5.56 Å². The van der Waals surface area contributed by atoms with E-state index in [9.17, 15) is 4.79 Å². The lowest BCUT2D eigenvalue weighted by Crippen LogP contribution is -3.15. The molecule has 0 bridgehead atoms. The molecule has 0 saturated carbocycles. The highest BCUT2D eigenvalue weighted by molar-refractivity contribution is 7.10. The molecule has 0 radical (unpaired) electrons. The Labute approximate surface area is 158 Å². The van der Waals surface area contributed by atoms with Crippen molar-refractivity contribution in [1.29, 1.82) is 0 Å². The maximum atomic E-state index is 12.7. The second-order valence-corrected chi connectivity index (χ2v) is 7.46. The summed E-state index contributed by atoms with van der Waals surface area (Å²) in [5.74, 6) is 0.737. The van der Waals surface area contributed by atoms with Gasteiger partial charge in [0.05, 0.1) is 30.7 Å². The van der Waals surface area contributed by atoms with Gasteiger partial charge in [0.2, 0.25) is 0 Å². The molecule has 1 saturated heterocycles. The van der Waals surface area contributed by atoms with Crippen LogP contribution in [0.2, 0.25) is 0 Å². The number of carbonyl (C=O) groups is 1. The van der Waals surface area contributed by atoms with Crippen molar-refractivity contribution in [2.24, 2.45) is 0 Å². The van der Waals surface area contributed by atoms with Gasteiger partial charge in [-0.2, -0.15) is 0 Å². The van der Waals surface area contributed by atoms with Gasteiger partial charge in [-0.05, 0) is 49.6 Å². The van der Waals surface area contributed by atoms with Gasteiger partial charge in [-0.1, -0.05) is 6.07 Å². The zero-order valence-corrected chi connectivity index (χ0v) is 16.2. The minimum atomic E-state index is -0.0465. The van der Waals surface area contributed by atoms with Crippen molar-refractivity contribution in [2.75, 3.05) is 32.9 Å². The number of nitrogens with one attached hydrogen (secondary N) is 2. The molecule has 140 valence electrons. The predicted molar refractivity (Wildman–Crippen MR) is 103 cm³/mol. The number of amides is 1. The topological polar surface area (TPSA) is 52.0 Å². The molecule has 5 nitrogen and oxygen atoms in total. The summed E-state index contributed by atoms with van der Waals surface area (Å²) in [5, 5.41) is 5.30. The summed E-state index contributed by atoms with van der Waals surface area (Å²) in [4.78, 5) is 15.5. The number of hydrogen-bond donors (Lipinski definition) is 2. The number of carbonyl (C=O) groups excluding carboxylic acids is 1. The van der Waals surface area contributed by atoms with Crippen LogP contribution in [0.25, 0.3) is 0 Å². The molecule has 2 atom stereocenters. The lowest BCUT2D eigenvalue weighted by atomic mass is 10.0. The van der Waals surface area contributed by atoms with E-state index >= 15 is 0 Å². The van der Waals surface area contributed by atoms with Crippen LogP contribution in [0.5, 0.6) is 5.75 Å². The maximum Gasteiger partial charge on any atom is 0.251 e. The molecule has 6 heteroatoms. The molecule has 1 aliphatic heterocycles. The maximum absolute atomic E-state index is 12.7. The van der Waals surface area contributed by atoms with Crippen molar-refractivity contribution in [2.45, 2.75) is 25.9 Å². The van der Waals surface area contributed by atoms with Crippen molar-refractivity contribution in [3.63, 3.8) is 0 Å². The van der Waals surface area contributed by atoms with Gasteiger partial charge < -0.3 is 19.7 Å². The van der Waals surface area contributed by atoms with Crippen LogP contribution < -0.4 is 15.0 Å². The molecule has 0 aliphatic carbocycles. The van der Waals surface area contributed by atoms with E-state index in [1.807, 2.05) is 31.2 Å². The Morgan fingerprint density at radius 3 is 2.62 bits per heavy atom. The number of morpholine rings is 1. The summed E-state index contributed by atoms with van der Waals surface area (Å²) < 4.78 is 11.0. The molecule has 3 rings (SSSR count). The SMILES string of the molecule is CCOc1ccc(C(=O)N[C@H](C)[C@@H](c2cccs2)[NH+]2CCOCC2)cc1. The molecule has 1 aromatic carbocycles. The zero-order valence-electron chi connectivity index (χ0n) is 15.4. The van der Waals surface area contributed by atoms with E-state index in [2.05, 4.69) is 29.8 Å². The zero-order chi connectivity index (χ0) is 18.4. The van der Waals surface area contributed by atoms with Crippen molar-refractivity contribution < 1.29 is 19.2 Å². The van der Waals surface area contributed by atoms with E-state index in [4.69, 9.17) is 9.47 Å². The van der Waals surface area contributed by atoms with Gasteiger partial charge in [0.15, 0.2) is 0 Å². The van der Waals surface area contributed by atoms with Crippen LogP contribution in [-0.2, 0) is 4.74 Å². The Morgan fingerprint density at radius 2 is 2.00 bits per heavy atom. The van der Waals surface area contributed by atoms with Crippen molar-refractivity contribution in [1.82, 2.24) is 5.32 Å². The normalized spacial score (nSPS) is 17.5. The van der Waals surface area contributed by atoms with Gasteiger partial charge in [-0.25, -0.2) is 0 Å². The second kappa shape index (κ2) is 9.16. The fourth-order valence-electron chi connectivity index (χ4n) is 3.46. The summed E-state index contributed by atoms with van der Waals surface area (Å²) in [6, 6.07) is 11.8. The van der Waals surface area contributed by atoms with Gasteiger partial charge in [0.25, 0.3) is 5.91 Å². The second-order valence-electron chi connectivity index (χ2n) is 6.48. The number of benzene rings is 1. The summed E-state index contributed by atoms with van der Waals surface area (Å²) in [6.45, 7) is 8.14. The molecule has 2 heterocycles. The molecule has 1 fully saturated rings. The van der Waals surface area contributed by atoms with Crippen LogP contribution in [0.3, 0.4) is 0 Å². The van der Waals surface area contributed by atoms with Gasteiger partial charge >= 0.3 is 0 Å². The average Bonchev–Trinajstić information content (AvgIpc) is 3.18. The summed E-state index contributed by atoms with van der Waals surface area (Å²) in [7, 11) is 0. The molecule has 1 amide bonds. The fraction of sp³-hybridized carbons (Fsp3) is 0.450. The van der Waals surface area contributed by atoms with Gasteiger partial charge in [0.1, 0.15) is 24.9 Å². The third-order valence-electron chi connectivity index (χ3n) is 4.71. The Hall–Kier alpha value is -1.89. The first-order valence-corrected chi connectivity index (χ1v) is 10.1. The predicted octanol–water partition coefficient (Wildman–Crippen LogP) is 1.92. The molecule has 26 heavy (non-hydrogen) atoms. The molecular formula is C20H27N2O3S+. The van der Waals surface area contributed by atoms with Crippen molar-refractivity contribution in [3.8, 4) is 5.75 Å². The van der Waals surface area contributed by atoms with E-state index in [0.717, 1.165) is 32.1 Å². The highest BCUT2D eigenvalue weighted by atomic mass is 32.1. The molecule has 1 aliphatic rings. The lowest BCUT2D eigenvalue weighted by Gasteiger charge is -2.34. The van der Waals surface area contributed by atoms with Crippen LogP contribution in [0.4, 0.5) is 0 Å². The molecule has 1 aromatic heterocycles. The van der Waals surface area contributed by atoms with E-state index in [1.54, 1.807) is 11.3 Å². The first-order valence-electron chi connectivity index (χ1n) is 9.18. The van der Waals surface area contributed by atoms with Crippen LogP contribution in [0.15, 0.2) is 41.8 Å². The monoisotopic (exact) mass is 375 g/mol. The van der Waals surface area contributed by atoms with Crippen LogP contribution >= 0.6 is 11.3 Å². The first kappa shape index (κ1) is 18.9. The van der Waals surface area contributed by atoms with Crippen LogP contribution in [-0.4, -0.2) is 44.9 Å². The molecule has 2 aromatic rings. The Morgan fingerprint density at radius 1 is 1.27 bits per heavy atom. The third-order valence-corrected chi connectivity index (χ3v) is 5.67. The standard InChI is InChI=1S/C20H26N2O3S/c1-3-25-17-8-6-16(7-9-17)20(23)21-15(2)19(18-5-4-14-26-18)22-10-12-24-13-11-22/h4-9,14-15,19H,3,10-13H2,1-2H3,(H,21,23)/p+1/t15-,19+/m1/s1. The van der Waals surface area contributed by atoms with Crippen LogP contribution in [0.1, 0.15) is 35.1 Å². The van der Waals surface area contributed by atoms with Gasteiger partial charge in [-0.3, -0.25) is 4.79 Å². The van der Waals surface area contributed by atoms with Gasteiger partial charge in [-0.15, -0.1) is 11.3 Å². The number of hydrogen-bond acceptors (Lipinski definition) is 4. The number of ether oxygens (including phenoxy) is 2. The van der Waals surface area contributed by atoms with E-state index in [-0.39, 0.29) is 18.0 Å². The molecule has 0 spiro atoms. The third kappa shape index (κ3) is 4.63. The number of rotatable bonds is 7. The summed E-state index contributed by atoms with van der Waals surface area (Å²) >= 11 is 1.75. The van der Waals surface area contributed by atoms with Crippen molar-refractivity contribution in [3.05, 3.63) is 52.2 Å². The number of quaternary nitrogens is 1. The van der Waals surface area contributed by atoms with E-state index < -0.39 is 0 Å². The highest BCUT2D eigenvalue weighted by Crippen LogP contribution is 2.20. The fourth-order valence-corrected chi connectivity index (χ4v) is 4.45. The Kier molecular flexibility index (Phi) is 6.66. The lowest BCUT2D eigenvalue weighted by molar-refractivity contribution is -0.939. The largest absolute Gasteiger partial charge is 0.494 e. The molecule has 0 unspecified atom stereocenters. The van der Waals surface area contributed by atoms with Crippen molar-refractivity contribution >= 4 is 17.2 Å². The highest BCUT2D eigenvalue weighted by Gasteiger charge is 2.33. The minimum Gasteiger partial charge on any atom is -0.494 e. The summed E-state index contributed by atoms with van der Waals surface area (Å²) in [5.41, 5.74) is 0.655. The minimum absolute atomic E-state index is 0.0285. The smallest absolute Gasteiger partial charge is 0.251 e. The molecule has 2 N–H and O–H groups in total. The average molecular weight is 376 g/mol. The van der Waals surface area contributed by atoms with E-state index in [0.29, 0.717) is 12.2 Å². The Bertz CT molecular complexity index is 682. The van der Waals surface area contributed by atoms with E-state index in [1.165, 1.54) is 9.78 Å². The summed E-state index contributed by atoms with van der Waals surface area (Å²) in [6.07, 6.45) is 0. The number of thiophene rings is 1. The molecular weight excluding hydrogens is 348 g/mol. The first-order chi connectivity index (χ1) is 12.7. The van der Waals surface area contributed by atoms with Crippen LogP contribution in [0, 0.1) is 0 Å². The Balaban J connectivity index is 1.70. The quantitative estimate of drug-likeness (QED) is 0.777.